The zero-order valence-corrected chi connectivity index (χ0v) is 11.4. The van der Waals surface area contributed by atoms with Crippen molar-refractivity contribution in [2.45, 2.75) is 38.1 Å². The Morgan fingerprint density at radius 2 is 2.26 bits per heavy atom. The van der Waals surface area contributed by atoms with Gasteiger partial charge in [-0.2, -0.15) is 0 Å². The van der Waals surface area contributed by atoms with E-state index in [9.17, 15) is 9.18 Å². The Morgan fingerprint density at radius 1 is 1.53 bits per heavy atom. The molecule has 19 heavy (non-hydrogen) atoms. The summed E-state index contributed by atoms with van der Waals surface area (Å²) in [6, 6.07) is 4.59. The van der Waals surface area contributed by atoms with Crippen molar-refractivity contribution >= 4 is 5.78 Å². The Balaban J connectivity index is 2.33. The molecule has 2 N–H and O–H groups in total. The summed E-state index contributed by atoms with van der Waals surface area (Å²) in [5.74, 6) is -0.442. The molecule has 0 heterocycles. The molecule has 104 valence electrons. The molecule has 3 nitrogen and oxygen atoms in total. The predicted octanol–water partition coefficient (Wildman–Crippen LogP) is 2.92. The van der Waals surface area contributed by atoms with E-state index < -0.39 is 11.4 Å². The molecule has 0 bridgehead atoms. The van der Waals surface area contributed by atoms with E-state index in [0.717, 1.165) is 12.8 Å². The van der Waals surface area contributed by atoms with Gasteiger partial charge in [0.2, 0.25) is 0 Å². The summed E-state index contributed by atoms with van der Waals surface area (Å²) in [5.41, 5.74) is 5.33. The third-order valence-corrected chi connectivity index (χ3v) is 3.91. The standard InChI is InChI=1S/C15H20FNO2/c1-10-5-4-8-15(17,9-10)14(18)11-6-3-7-12(19-2)13(11)16/h3,6-7,10H,4-5,8-9,17H2,1-2H3. The number of benzene rings is 1. The first-order valence-corrected chi connectivity index (χ1v) is 6.64. The lowest BCUT2D eigenvalue weighted by Gasteiger charge is -2.35. The van der Waals surface area contributed by atoms with Crippen molar-refractivity contribution in [1.29, 1.82) is 0 Å². The average Bonchev–Trinajstić information content (AvgIpc) is 2.38. The Bertz CT molecular complexity index is 489. The highest BCUT2D eigenvalue weighted by Crippen LogP contribution is 2.34. The fourth-order valence-electron chi connectivity index (χ4n) is 2.91. The zero-order valence-electron chi connectivity index (χ0n) is 11.4. The van der Waals surface area contributed by atoms with E-state index in [0.29, 0.717) is 18.8 Å². The van der Waals surface area contributed by atoms with Crippen molar-refractivity contribution in [2.24, 2.45) is 11.7 Å². The van der Waals surface area contributed by atoms with Crippen LogP contribution in [-0.4, -0.2) is 18.4 Å². The summed E-state index contributed by atoms with van der Waals surface area (Å²) >= 11 is 0. The molecule has 1 saturated carbocycles. The van der Waals surface area contributed by atoms with Gasteiger partial charge < -0.3 is 10.5 Å². The topological polar surface area (TPSA) is 52.3 Å². The summed E-state index contributed by atoms with van der Waals surface area (Å²) in [7, 11) is 1.38. The lowest BCUT2D eigenvalue weighted by molar-refractivity contribution is 0.0814. The molecule has 0 amide bonds. The van der Waals surface area contributed by atoms with Crippen LogP contribution >= 0.6 is 0 Å². The molecule has 1 aliphatic carbocycles. The Hall–Kier alpha value is -1.42. The van der Waals surface area contributed by atoms with E-state index in [1.165, 1.54) is 19.2 Å². The highest BCUT2D eigenvalue weighted by Gasteiger charge is 2.39. The maximum atomic E-state index is 14.1. The van der Waals surface area contributed by atoms with Crippen LogP contribution in [0.25, 0.3) is 0 Å². The lowest BCUT2D eigenvalue weighted by atomic mass is 9.73. The molecule has 1 aromatic rings. The Morgan fingerprint density at radius 3 is 2.89 bits per heavy atom. The number of hydrogen-bond acceptors (Lipinski definition) is 3. The van der Waals surface area contributed by atoms with E-state index in [4.69, 9.17) is 10.5 Å². The van der Waals surface area contributed by atoms with Gasteiger partial charge in [0, 0.05) is 0 Å². The number of halogens is 1. The Labute approximate surface area is 112 Å². The number of ether oxygens (including phenoxy) is 1. The maximum Gasteiger partial charge on any atom is 0.185 e. The van der Waals surface area contributed by atoms with E-state index in [2.05, 4.69) is 6.92 Å². The van der Waals surface area contributed by atoms with Gasteiger partial charge in [0.1, 0.15) is 0 Å². The van der Waals surface area contributed by atoms with Crippen LogP contribution in [-0.2, 0) is 0 Å². The van der Waals surface area contributed by atoms with Gasteiger partial charge in [0.25, 0.3) is 0 Å². The largest absolute Gasteiger partial charge is 0.494 e. The number of carbonyl (C=O) groups is 1. The minimum Gasteiger partial charge on any atom is -0.494 e. The zero-order chi connectivity index (χ0) is 14.0. The van der Waals surface area contributed by atoms with Crippen molar-refractivity contribution in [2.75, 3.05) is 7.11 Å². The molecule has 1 fully saturated rings. The van der Waals surface area contributed by atoms with Gasteiger partial charge in [-0.3, -0.25) is 4.79 Å². The molecule has 2 rings (SSSR count). The van der Waals surface area contributed by atoms with Crippen molar-refractivity contribution in [1.82, 2.24) is 0 Å². The lowest BCUT2D eigenvalue weighted by Crippen LogP contribution is -2.51. The molecule has 0 saturated heterocycles. The van der Waals surface area contributed by atoms with Crippen molar-refractivity contribution in [3.63, 3.8) is 0 Å². The first-order valence-electron chi connectivity index (χ1n) is 6.64. The van der Waals surface area contributed by atoms with Crippen LogP contribution < -0.4 is 10.5 Å². The quantitative estimate of drug-likeness (QED) is 0.855. The third kappa shape index (κ3) is 2.63. The molecular formula is C15H20FNO2. The second-order valence-electron chi connectivity index (χ2n) is 5.51. The molecule has 2 unspecified atom stereocenters. The predicted molar refractivity (Wildman–Crippen MR) is 71.8 cm³/mol. The molecule has 4 heteroatoms. The minimum atomic E-state index is -0.940. The number of nitrogens with two attached hydrogens (primary N) is 1. The first-order chi connectivity index (χ1) is 8.98. The van der Waals surface area contributed by atoms with Gasteiger partial charge in [0.15, 0.2) is 17.3 Å². The smallest absolute Gasteiger partial charge is 0.185 e. The molecule has 0 aromatic heterocycles. The van der Waals surface area contributed by atoms with Gasteiger partial charge in [-0.25, -0.2) is 4.39 Å². The van der Waals surface area contributed by atoms with Crippen LogP contribution in [0.1, 0.15) is 43.0 Å². The highest BCUT2D eigenvalue weighted by atomic mass is 19.1. The van der Waals surface area contributed by atoms with Crippen LogP contribution in [0.15, 0.2) is 18.2 Å². The average molecular weight is 265 g/mol. The van der Waals surface area contributed by atoms with Crippen molar-refractivity contribution in [3.05, 3.63) is 29.6 Å². The number of hydrogen-bond donors (Lipinski definition) is 1. The first kappa shape index (κ1) is 14.0. The molecule has 1 aliphatic rings. The monoisotopic (exact) mass is 265 g/mol. The van der Waals surface area contributed by atoms with E-state index >= 15 is 0 Å². The van der Waals surface area contributed by atoms with Crippen LogP contribution in [0.3, 0.4) is 0 Å². The van der Waals surface area contributed by atoms with Gasteiger partial charge in [0.05, 0.1) is 18.2 Å². The molecule has 0 aliphatic heterocycles. The number of methoxy groups -OCH3 is 1. The summed E-state index contributed by atoms with van der Waals surface area (Å²) in [5, 5.41) is 0. The molecule has 1 aromatic carbocycles. The summed E-state index contributed by atoms with van der Waals surface area (Å²) in [6.07, 6.45) is 3.22. The maximum absolute atomic E-state index is 14.1. The van der Waals surface area contributed by atoms with Crippen molar-refractivity contribution < 1.29 is 13.9 Å². The minimum absolute atomic E-state index is 0.0379. The number of ketones is 1. The number of carbonyl (C=O) groups excluding carboxylic acids is 1. The van der Waals surface area contributed by atoms with Crippen LogP contribution in [0, 0.1) is 11.7 Å². The fourth-order valence-corrected chi connectivity index (χ4v) is 2.91. The Kier molecular flexibility index (Phi) is 3.90. The normalized spacial score (nSPS) is 27.1. The van der Waals surface area contributed by atoms with Gasteiger partial charge in [-0.1, -0.05) is 25.8 Å². The van der Waals surface area contributed by atoms with E-state index in [1.54, 1.807) is 6.07 Å². The van der Waals surface area contributed by atoms with Crippen LogP contribution in [0.2, 0.25) is 0 Å². The fraction of sp³-hybridized carbons (Fsp3) is 0.533. The third-order valence-electron chi connectivity index (χ3n) is 3.91. The molecular weight excluding hydrogens is 245 g/mol. The van der Waals surface area contributed by atoms with Gasteiger partial charge >= 0.3 is 0 Å². The molecule has 0 radical (unpaired) electrons. The molecule has 2 atom stereocenters. The second kappa shape index (κ2) is 5.29. The molecule has 0 spiro atoms. The second-order valence-corrected chi connectivity index (χ2v) is 5.51. The van der Waals surface area contributed by atoms with Gasteiger partial charge in [-0.15, -0.1) is 0 Å². The number of rotatable bonds is 3. The van der Waals surface area contributed by atoms with Crippen molar-refractivity contribution in [3.8, 4) is 5.75 Å². The SMILES string of the molecule is COc1cccc(C(=O)C2(N)CCCC(C)C2)c1F. The van der Waals surface area contributed by atoms with E-state index in [1.807, 2.05) is 0 Å². The van der Waals surface area contributed by atoms with Crippen LogP contribution in [0.5, 0.6) is 5.75 Å². The summed E-state index contributed by atoms with van der Waals surface area (Å²) in [6.45, 7) is 2.08. The highest BCUT2D eigenvalue weighted by molar-refractivity contribution is 6.03. The van der Waals surface area contributed by atoms with E-state index in [-0.39, 0.29) is 17.1 Å². The van der Waals surface area contributed by atoms with Gasteiger partial charge in [-0.05, 0) is 30.9 Å². The summed E-state index contributed by atoms with van der Waals surface area (Å²) < 4.78 is 19.1. The number of Topliss-reactive ketones (excluding diaryl/α,β-unsaturated/α-hetero) is 1. The van der Waals surface area contributed by atoms with Crippen LogP contribution in [0.4, 0.5) is 4.39 Å². The summed E-state index contributed by atoms with van der Waals surface area (Å²) in [4.78, 5) is 12.5.